The summed E-state index contributed by atoms with van der Waals surface area (Å²) in [7, 11) is 1.76. The van der Waals surface area contributed by atoms with Gasteiger partial charge in [0.1, 0.15) is 6.04 Å². The van der Waals surface area contributed by atoms with Crippen LogP contribution in [0.15, 0.2) is 23.4 Å². The Hall–Kier alpha value is -2.15. The number of carbonyl (C=O) groups is 3. The first-order valence-corrected chi connectivity index (χ1v) is 8.45. The van der Waals surface area contributed by atoms with Gasteiger partial charge in [-0.1, -0.05) is 6.08 Å². The van der Waals surface area contributed by atoms with Crippen molar-refractivity contribution in [2.75, 3.05) is 20.1 Å². The quantitative estimate of drug-likeness (QED) is 0.716. The number of urea groups is 1. The highest BCUT2D eigenvalue weighted by Gasteiger charge is 2.54. The van der Waals surface area contributed by atoms with Crippen LogP contribution in [0.3, 0.4) is 0 Å². The van der Waals surface area contributed by atoms with Gasteiger partial charge in [0, 0.05) is 38.2 Å². The van der Waals surface area contributed by atoms with E-state index in [9.17, 15) is 14.4 Å². The van der Waals surface area contributed by atoms with E-state index in [0.29, 0.717) is 18.8 Å². The Balaban J connectivity index is 1.67. The van der Waals surface area contributed by atoms with E-state index in [1.807, 2.05) is 6.92 Å². The zero-order chi connectivity index (χ0) is 17.1. The van der Waals surface area contributed by atoms with Crippen molar-refractivity contribution in [2.24, 2.45) is 5.92 Å². The molecule has 4 aliphatic rings. The fourth-order valence-electron chi connectivity index (χ4n) is 4.16. The average molecular weight is 330 g/mol. The molecule has 1 aliphatic carbocycles. The number of piperidine rings is 1. The number of nitrogens with zero attached hydrogens (tertiary/aromatic N) is 2. The molecule has 2 N–H and O–H groups in total. The van der Waals surface area contributed by atoms with Crippen LogP contribution in [0.4, 0.5) is 4.79 Å². The molecule has 2 unspecified atom stereocenters. The van der Waals surface area contributed by atoms with Crippen molar-refractivity contribution < 1.29 is 14.4 Å². The van der Waals surface area contributed by atoms with E-state index in [0.717, 1.165) is 18.8 Å². The third kappa shape index (κ3) is 2.04. The van der Waals surface area contributed by atoms with Crippen LogP contribution in [-0.2, 0) is 9.59 Å². The van der Waals surface area contributed by atoms with Crippen LogP contribution in [0.2, 0.25) is 0 Å². The standard InChI is InChI=1S/C17H22N4O3/c1-17-6-5-10(11-8-18-9-11)7-13(17)20(2)16(24)21(17)12-3-4-14(22)19-15(12)23/h5,7,11-12,18H,3-4,6,8-9H2,1-2H3,(H,19,22,23). The van der Waals surface area contributed by atoms with E-state index in [1.54, 1.807) is 16.8 Å². The van der Waals surface area contributed by atoms with Gasteiger partial charge in [0.2, 0.25) is 11.8 Å². The first-order chi connectivity index (χ1) is 11.4. The number of fused-ring (bicyclic) bond motifs is 1. The Morgan fingerprint density at radius 2 is 2.00 bits per heavy atom. The van der Waals surface area contributed by atoms with Crippen molar-refractivity contribution in [1.29, 1.82) is 0 Å². The molecule has 0 aromatic carbocycles. The van der Waals surface area contributed by atoms with Gasteiger partial charge in [0.15, 0.2) is 0 Å². The second kappa shape index (κ2) is 5.17. The molecule has 4 amide bonds. The summed E-state index contributed by atoms with van der Waals surface area (Å²) in [5, 5.41) is 5.64. The topological polar surface area (TPSA) is 81.8 Å². The maximum absolute atomic E-state index is 12.9. The molecule has 0 aromatic rings. The summed E-state index contributed by atoms with van der Waals surface area (Å²) >= 11 is 0. The van der Waals surface area contributed by atoms with Crippen molar-refractivity contribution in [1.82, 2.24) is 20.4 Å². The van der Waals surface area contributed by atoms with Gasteiger partial charge in [-0.25, -0.2) is 4.79 Å². The van der Waals surface area contributed by atoms with E-state index in [1.165, 1.54) is 5.57 Å². The Morgan fingerprint density at radius 3 is 2.62 bits per heavy atom. The third-order valence-corrected chi connectivity index (χ3v) is 5.75. The predicted molar refractivity (Wildman–Crippen MR) is 86.7 cm³/mol. The molecule has 24 heavy (non-hydrogen) atoms. The summed E-state index contributed by atoms with van der Waals surface area (Å²) in [6.07, 6.45) is 5.65. The van der Waals surface area contributed by atoms with Crippen LogP contribution in [-0.4, -0.2) is 59.4 Å². The normalized spacial score (nSPS) is 33.8. The molecule has 0 radical (unpaired) electrons. The molecule has 0 spiro atoms. The lowest BCUT2D eigenvalue weighted by molar-refractivity contribution is -0.137. The first kappa shape index (κ1) is 15.4. The molecular weight excluding hydrogens is 308 g/mol. The Labute approximate surface area is 140 Å². The molecule has 0 saturated carbocycles. The van der Waals surface area contributed by atoms with Crippen molar-refractivity contribution >= 4 is 17.8 Å². The summed E-state index contributed by atoms with van der Waals surface area (Å²) in [6, 6.07) is -0.756. The first-order valence-electron chi connectivity index (χ1n) is 8.45. The van der Waals surface area contributed by atoms with E-state index in [4.69, 9.17) is 0 Å². The van der Waals surface area contributed by atoms with Crippen LogP contribution < -0.4 is 10.6 Å². The van der Waals surface area contributed by atoms with Crippen LogP contribution in [0.1, 0.15) is 26.2 Å². The maximum Gasteiger partial charge on any atom is 0.325 e. The fourth-order valence-corrected chi connectivity index (χ4v) is 4.16. The van der Waals surface area contributed by atoms with Gasteiger partial charge >= 0.3 is 6.03 Å². The molecule has 128 valence electrons. The summed E-state index contributed by atoms with van der Waals surface area (Å²) in [5.74, 6) is -0.121. The van der Waals surface area contributed by atoms with Crippen molar-refractivity contribution in [3.63, 3.8) is 0 Å². The second-order valence-electron chi connectivity index (χ2n) is 7.25. The zero-order valence-electron chi connectivity index (χ0n) is 14.0. The zero-order valence-corrected chi connectivity index (χ0v) is 14.0. The number of amides is 4. The molecule has 0 bridgehead atoms. The number of hydrogen-bond acceptors (Lipinski definition) is 4. The number of imide groups is 1. The minimum Gasteiger partial charge on any atom is -0.315 e. The third-order valence-electron chi connectivity index (χ3n) is 5.75. The molecule has 7 heteroatoms. The number of carbonyl (C=O) groups excluding carboxylic acids is 3. The van der Waals surface area contributed by atoms with Crippen LogP contribution >= 0.6 is 0 Å². The smallest absolute Gasteiger partial charge is 0.315 e. The Kier molecular flexibility index (Phi) is 3.32. The summed E-state index contributed by atoms with van der Waals surface area (Å²) in [5.41, 5.74) is 1.68. The van der Waals surface area contributed by atoms with Gasteiger partial charge in [-0.15, -0.1) is 0 Å². The van der Waals surface area contributed by atoms with E-state index < -0.39 is 11.6 Å². The maximum atomic E-state index is 12.9. The Bertz CT molecular complexity index is 694. The van der Waals surface area contributed by atoms with Gasteiger partial charge in [-0.3, -0.25) is 19.8 Å². The highest BCUT2D eigenvalue weighted by Crippen LogP contribution is 2.44. The number of nitrogens with one attached hydrogen (secondary N) is 2. The number of likely N-dealkylation sites (N-methyl/N-ethyl adjacent to an activating group) is 1. The highest BCUT2D eigenvalue weighted by molar-refractivity contribution is 6.02. The van der Waals surface area contributed by atoms with E-state index in [-0.39, 0.29) is 24.3 Å². The summed E-state index contributed by atoms with van der Waals surface area (Å²) in [6.45, 7) is 3.96. The predicted octanol–water partition coefficient (Wildman–Crippen LogP) is 0.351. The average Bonchev–Trinajstić information content (AvgIpc) is 2.67. The molecule has 3 fully saturated rings. The van der Waals surface area contributed by atoms with Gasteiger partial charge in [-0.05, 0) is 31.4 Å². The van der Waals surface area contributed by atoms with Crippen molar-refractivity contribution in [3.05, 3.63) is 23.4 Å². The van der Waals surface area contributed by atoms with Crippen molar-refractivity contribution in [3.8, 4) is 0 Å². The summed E-state index contributed by atoms with van der Waals surface area (Å²) < 4.78 is 0. The molecule has 4 rings (SSSR count). The van der Waals surface area contributed by atoms with Gasteiger partial charge in [0.05, 0.1) is 5.54 Å². The second-order valence-corrected chi connectivity index (χ2v) is 7.25. The lowest BCUT2D eigenvalue weighted by Gasteiger charge is -2.42. The number of rotatable bonds is 2. The van der Waals surface area contributed by atoms with E-state index in [2.05, 4.69) is 22.8 Å². The fraction of sp³-hybridized carbons (Fsp3) is 0.588. The largest absolute Gasteiger partial charge is 0.325 e. The van der Waals surface area contributed by atoms with Gasteiger partial charge < -0.3 is 10.2 Å². The molecule has 3 heterocycles. The molecule has 2 atom stereocenters. The molecule has 3 saturated heterocycles. The molecule has 0 aromatic heterocycles. The van der Waals surface area contributed by atoms with Crippen LogP contribution in [0, 0.1) is 5.92 Å². The number of allylic oxidation sites excluding steroid dienone is 1. The monoisotopic (exact) mass is 330 g/mol. The molecular formula is C17H22N4O3. The summed E-state index contributed by atoms with van der Waals surface area (Å²) in [4.78, 5) is 39.9. The molecule has 3 aliphatic heterocycles. The van der Waals surface area contributed by atoms with Crippen LogP contribution in [0.25, 0.3) is 0 Å². The van der Waals surface area contributed by atoms with Gasteiger partial charge in [-0.2, -0.15) is 0 Å². The molecule has 7 nitrogen and oxygen atoms in total. The van der Waals surface area contributed by atoms with Gasteiger partial charge in [0.25, 0.3) is 0 Å². The SMILES string of the molecule is CN1C(=O)N(C2CCC(=O)NC2=O)C2(C)CC=C(C3CNC3)C=C12. The Morgan fingerprint density at radius 1 is 1.25 bits per heavy atom. The van der Waals surface area contributed by atoms with Crippen molar-refractivity contribution in [2.45, 2.75) is 37.8 Å². The highest BCUT2D eigenvalue weighted by atomic mass is 16.2. The van der Waals surface area contributed by atoms with Crippen LogP contribution in [0.5, 0.6) is 0 Å². The lowest BCUT2D eigenvalue weighted by atomic mass is 9.80. The lowest BCUT2D eigenvalue weighted by Crippen LogP contribution is -2.59. The van der Waals surface area contributed by atoms with E-state index >= 15 is 0 Å². The minimum absolute atomic E-state index is 0.167. The number of hydrogen-bond donors (Lipinski definition) is 2. The minimum atomic E-state index is -0.589.